The first-order chi connectivity index (χ1) is 5.27. The van der Waals surface area contributed by atoms with E-state index in [9.17, 15) is 0 Å². The van der Waals surface area contributed by atoms with Gasteiger partial charge in [0.15, 0.2) is 0 Å². The van der Waals surface area contributed by atoms with Gasteiger partial charge in [-0.2, -0.15) is 0 Å². The van der Waals surface area contributed by atoms with Crippen molar-refractivity contribution in [2.75, 3.05) is 0 Å². The SMILES string of the molecule is CC1CCC(=N\O)/C(=N\O)C1. The standard InChI is InChI=1S/C7H12N2O2/c1-5-2-3-6(8-10)7(4-5)9-11/h5,10-11H,2-4H2,1H3/b8-6+,9-7-. The molecule has 2 N–H and O–H groups in total. The molecule has 4 nitrogen and oxygen atoms in total. The molecule has 0 aromatic heterocycles. The van der Waals surface area contributed by atoms with Gasteiger partial charge in [0.2, 0.25) is 0 Å². The Balaban J connectivity index is 2.72. The molecule has 62 valence electrons. The lowest BCUT2D eigenvalue weighted by molar-refractivity contribution is 0.308. The van der Waals surface area contributed by atoms with Crippen LogP contribution in [0.15, 0.2) is 10.3 Å². The maximum atomic E-state index is 8.51. The van der Waals surface area contributed by atoms with Crippen LogP contribution in [0.5, 0.6) is 0 Å². The Hall–Kier alpha value is -1.06. The van der Waals surface area contributed by atoms with E-state index in [-0.39, 0.29) is 0 Å². The average molecular weight is 156 g/mol. The summed E-state index contributed by atoms with van der Waals surface area (Å²) in [5.41, 5.74) is 1.04. The maximum Gasteiger partial charge on any atom is 0.105 e. The molecule has 1 aliphatic carbocycles. The fourth-order valence-electron chi connectivity index (χ4n) is 1.28. The number of hydrogen-bond donors (Lipinski definition) is 2. The van der Waals surface area contributed by atoms with Crippen molar-refractivity contribution in [3.05, 3.63) is 0 Å². The minimum atomic E-state index is 0.519. The van der Waals surface area contributed by atoms with E-state index in [4.69, 9.17) is 10.4 Å². The molecule has 0 saturated heterocycles. The molecule has 1 unspecified atom stereocenters. The van der Waals surface area contributed by atoms with E-state index in [2.05, 4.69) is 17.2 Å². The molecule has 1 rings (SSSR count). The van der Waals surface area contributed by atoms with Crippen LogP contribution in [0.25, 0.3) is 0 Å². The van der Waals surface area contributed by atoms with E-state index in [1.165, 1.54) is 0 Å². The van der Waals surface area contributed by atoms with Gasteiger partial charge >= 0.3 is 0 Å². The molecular formula is C7H12N2O2. The smallest absolute Gasteiger partial charge is 0.105 e. The second-order valence-corrected chi connectivity index (χ2v) is 2.94. The lowest BCUT2D eigenvalue weighted by Gasteiger charge is -2.18. The Morgan fingerprint density at radius 1 is 1.27 bits per heavy atom. The quantitative estimate of drug-likeness (QED) is 0.412. The second-order valence-electron chi connectivity index (χ2n) is 2.94. The highest BCUT2D eigenvalue weighted by molar-refractivity contribution is 6.42. The van der Waals surface area contributed by atoms with Crippen molar-refractivity contribution in [3.63, 3.8) is 0 Å². The van der Waals surface area contributed by atoms with Crippen LogP contribution < -0.4 is 0 Å². The molecule has 0 aromatic rings. The molecule has 0 bridgehead atoms. The van der Waals surface area contributed by atoms with E-state index in [0.717, 1.165) is 6.42 Å². The van der Waals surface area contributed by atoms with Crippen LogP contribution >= 0.6 is 0 Å². The molecule has 0 aromatic carbocycles. The van der Waals surface area contributed by atoms with Crippen LogP contribution in [-0.4, -0.2) is 21.8 Å². The summed E-state index contributed by atoms with van der Waals surface area (Å²) in [5, 5.41) is 23.1. The summed E-state index contributed by atoms with van der Waals surface area (Å²) in [7, 11) is 0. The van der Waals surface area contributed by atoms with E-state index < -0.39 is 0 Å². The Kier molecular flexibility index (Phi) is 2.46. The van der Waals surface area contributed by atoms with Crippen LogP contribution in [0.2, 0.25) is 0 Å². The minimum Gasteiger partial charge on any atom is -0.411 e. The van der Waals surface area contributed by atoms with Gasteiger partial charge in [-0.15, -0.1) is 0 Å². The van der Waals surface area contributed by atoms with E-state index >= 15 is 0 Å². The van der Waals surface area contributed by atoms with Crippen molar-refractivity contribution < 1.29 is 10.4 Å². The normalized spacial score (nSPS) is 33.0. The van der Waals surface area contributed by atoms with Gasteiger partial charge in [0.1, 0.15) is 11.4 Å². The Morgan fingerprint density at radius 3 is 2.45 bits per heavy atom. The molecule has 0 spiro atoms. The molecule has 11 heavy (non-hydrogen) atoms. The van der Waals surface area contributed by atoms with Crippen molar-refractivity contribution in [1.82, 2.24) is 0 Å². The zero-order chi connectivity index (χ0) is 8.27. The molecular weight excluding hydrogens is 144 g/mol. The summed E-state index contributed by atoms with van der Waals surface area (Å²) in [6, 6.07) is 0. The van der Waals surface area contributed by atoms with Crippen molar-refractivity contribution in [2.24, 2.45) is 16.2 Å². The molecule has 1 atom stereocenters. The molecule has 1 fully saturated rings. The zero-order valence-corrected chi connectivity index (χ0v) is 6.49. The van der Waals surface area contributed by atoms with E-state index in [1.54, 1.807) is 0 Å². The molecule has 0 amide bonds. The third-order valence-corrected chi connectivity index (χ3v) is 1.99. The fraction of sp³-hybridized carbons (Fsp3) is 0.714. The highest BCUT2D eigenvalue weighted by Gasteiger charge is 2.20. The first kappa shape index (κ1) is 8.04. The van der Waals surface area contributed by atoms with Gasteiger partial charge in [-0.05, 0) is 25.2 Å². The van der Waals surface area contributed by atoms with Gasteiger partial charge in [0.25, 0.3) is 0 Å². The van der Waals surface area contributed by atoms with Gasteiger partial charge in [-0.1, -0.05) is 17.2 Å². The topological polar surface area (TPSA) is 65.2 Å². The van der Waals surface area contributed by atoms with Gasteiger partial charge in [-0.3, -0.25) is 0 Å². The van der Waals surface area contributed by atoms with Crippen LogP contribution in [0.3, 0.4) is 0 Å². The van der Waals surface area contributed by atoms with Crippen molar-refractivity contribution >= 4 is 11.4 Å². The molecule has 1 aliphatic rings. The number of hydrogen-bond acceptors (Lipinski definition) is 4. The molecule has 1 saturated carbocycles. The Labute approximate surface area is 65.2 Å². The summed E-state index contributed by atoms with van der Waals surface area (Å²) >= 11 is 0. The van der Waals surface area contributed by atoms with Gasteiger partial charge in [0.05, 0.1) is 0 Å². The van der Waals surface area contributed by atoms with Crippen molar-refractivity contribution in [2.45, 2.75) is 26.2 Å². The first-order valence-corrected chi connectivity index (χ1v) is 3.70. The minimum absolute atomic E-state index is 0.519. The third-order valence-electron chi connectivity index (χ3n) is 1.99. The monoisotopic (exact) mass is 156 g/mol. The van der Waals surface area contributed by atoms with E-state index in [0.29, 0.717) is 30.2 Å². The second kappa shape index (κ2) is 3.37. The summed E-state index contributed by atoms with van der Waals surface area (Å²) in [6.45, 7) is 2.08. The lowest BCUT2D eigenvalue weighted by Crippen LogP contribution is -2.23. The highest BCUT2D eigenvalue weighted by atomic mass is 16.4. The largest absolute Gasteiger partial charge is 0.411 e. The predicted octanol–water partition coefficient (Wildman–Crippen LogP) is 1.47. The molecule has 0 aliphatic heterocycles. The van der Waals surface area contributed by atoms with Gasteiger partial charge in [0, 0.05) is 0 Å². The summed E-state index contributed by atoms with van der Waals surface area (Å²) < 4.78 is 0. The average Bonchev–Trinajstić information content (AvgIpc) is 2.04. The maximum absolute atomic E-state index is 8.51. The fourth-order valence-corrected chi connectivity index (χ4v) is 1.28. The van der Waals surface area contributed by atoms with Crippen LogP contribution in [0.1, 0.15) is 26.2 Å². The highest BCUT2D eigenvalue weighted by Crippen LogP contribution is 2.19. The van der Waals surface area contributed by atoms with Gasteiger partial charge < -0.3 is 10.4 Å². The summed E-state index contributed by atoms with van der Waals surface area (Å²) in [6.07, 6.45) is 2.41. The number of oxime groups is 2. The number of rotatable bonds is 0. The molecule has 4 heteroatoms. The third kappa shape index (κ3) is 1.69. The van der Waals surface area contributed by atoms with E-state index in [1.807, 2.05) is 0 Å². The lowest BCUT2D eigenvalue weighted by atomic mass is 9.88. The molecule has 0 radical (unpaired) electrons. The van der Waals surface area contributed by atoms with Crippen LogP contribution in [-0.2, 0) is 0 Å². The zero-order valence-electron chi connectivity index (χ0n) is 6.49. The van der Waals surface area contributed by atoms with Crippen molar-refractivity contribution in [1.29, 1.82) is 0 Å². The first-order valence-electron chi connectivity index (χ1n) is 3.70. The summed E-state index contributed by atoms with van der Waals surface area (Å²) in [5.74, 6) is 0.520. The molecule has 0 heterocycles. The Morgan fingerprint density at radius 2 is 1.91 bits per heavy atom. The predicted molar refractivity (Wildman–Crippen MR) is 41.5 cm³/mol. The van der Waals surface area contributed by atoms with Crippen LogP contribution in [0, 0.1) is 5.92 Å². The van der Waals surface area contributed by atoms with Crippen LogP contribution in [0.4, 0.5) is 0 Å². The Bertz CT molecular complexity index is 199. The number of nitrogens with zero attached hydrogens (tertiary/aromatic N) is 2. The van der Waals surface area contributed by atoms with Gasteiger partial charge in [-0.25, -0.2) is 0 Å². The van der Waals surface area contributed by atoms with Crippen molar-refractivity contribution in [3.8, 4) is 0 Å². The summed E-state index contributed by atoms with van der Waals surface area (Å²) in [4.78, 5) is 0.